The molecule has 1 N–H and O–H groups in total. The summed E-state index contributed by atoms with van der Waals surface area (Å²) < 4.78 is 6.61. The van der Waals surface area contributed by atoms with E-state index in [9.17, 15) is 9.59 Å². The van der Waals surface area contributed by atoms with Crippen molar-refractivity contribution in [2.24, 2.45) is 0 Å². The minimum absolute atomic E-state index is 0.0764. The van der Waals surface area contributed by atoms with Crippen LogP contribution >= 0.6 is 34.5 Å². The molecule has 0 aliphatic rings. The average Bonchev–Trinajstić information content (AvgIpc) is 3.21. The monoisotopic (exact) mass is 466 g/mol. The summed E-state index contributed by atoms with van der Waals surface area (Å²) in [5.74, 6) is -0.569. The first-order chi connectivity index (χ1) is 14.3. The van der Waals surface area contributed by atoms with E-state index in [4.69, 9.17) is 27.9 Å². The van der Waals surface area contributed by atoms with Crippen LogP contribution in [-0.2, 0) is 27.2 Å². The molecule has 0 bridgehead atoms. The zero-order valence-corrected chi connectivity index (χ0v) is 19.0. The summed E-state index contributed by atoms with van der Waals surface area (Å²) in [6, 6.07) is 5.17. The zero-order valence-electron chi connectivity index (χ0n) is 16.7. The maximum atomic E-state index is 12.6. The van der Waals surface area contributed by atoms with Crippen LogP contribution in [0.15, 0.2) is 23.6 Å². The quantitative estimate of drug-likeness (QED) is 0.516. The number of rotatable bonds is 7. The van der Waals surface area contributed by atoms with E-state index in [1.807, 2.05) is 13.8 Å². The molecule has 7 nitrogen and oxygen atoms in total. The van der Waals surface area contributed by atoms with Crippen molar-refractivity contribution in [3.63, 3.8) is 0 Å². The number of nitrogens with one attached hydrogen (secondary N) is 1. The van der Waals surface area contributed by atoms with E-state index in [0.29, 0.717) is 33.2 Å². The van der Waals surface area contributed by atoms with Gasteiger partial charge in [0, 0.05) is 21.7 Å². The van der Waals surface area contributed by atoms with E-state index in [0.717, 1.165) is 17.0 Å². The highest BCUT2D eigenvalue weighted by Crippen LogP contribution is 2.27. The van der Waals surface area contributed by atoms with Gasteiger partial charge in [0.25, 0.3) is 0 Å². The SMILES string of the molecule is CCOC(=O)Cc1csc(NC(=O)Cc2c(C)nn(-c3ccc(Cl)cc3Cl)c2C)n1. The number of amides is 1. The molecule has 0 unspecified atom stereocenters. The Morgan fingerprint density at radius 2 is 2.00 bits per heavy atom. The van der Waals surface area contributed by atoms with Crippen LogP contribution in [0, 0.1) is 13.8 Å². The lowest BCUT2D eigenvalue weighted by molar-refractivity contribution is -0.142. The number of carbonyl (C=O) groups excluding carboxylic acids is 2. The Balaban J connectivity index is 1.71. The van der Waals surface area contributed by atoms with E-state index in [-0.39, 0.29) is 24.7 Å². The standard InChI is InChI=1S/C20H20Cl2N4O3S/c1-4-29-19(28)8-14-10-30-20(23-14)24-18(27)9-15-11(2)25-26(12(15)3)17-6-5-13(21)7-16(17)22/h5-7,10H,4,8-9H2,1-3H3,(H,23,24,27). The summed E-state index contributed by atoms with van der Waals surface area (Å²) in [6.45, 7) is 5.79. The third kappa shape index (κ3) is 5.19. The lowest BCUT2D eigenvalue weighted by Gasteiger charge is -2.08. The van der Waals surface area contributed by atoms with Gasteiger partial charge >= 0.3 is 5.97 Å². The smallest absolute Gasteiger partial charge is 0.311 e. The highest BCUT2D eigenvalue weighted by Gasteiger charge is 2.18. The Kier molecular flexibility index (Phi) is 7.12. The first-order valence-corrected chi connectivity index (χ1v) is 10.8. The van der Waals surface area contributed by atoms with Crippen LogP contribution in [-0.4, -0.2) is 33.2 Å². The van der Waals surface area contributed by atoms with Crippen molar-refractivity contribution >= 4 is 51.5 Å². The van der Waals surface area contributed by atoms with Crippen molar-refractivity contribution in [1.29, 1.82) is 0 Å². The van der Waals surface area contributed by atoms with E-state index >= 15 is 0 Å². The molecule has 0 radical (unpaired) electrons. The van der Waals surface area contributed by atoms with E-state index < -0.39 is 0 Å². The van der Waals surface area contributed by atoms with Crippen molar-refractivity contribution in [3.05, 3.63) is 56.3 Å². The molecule has 158 valence electrons. The second kappa shape index (κ2) is 9.59. The van der Waals surface area contributed by atoms with Gasteiger partial charge in [0.1, 0.15) is 0 Å². The summed E-state index contributed by atoms with van der Waals surface area (Å²) in [4.78, 5) is 28.4. The number of carbonyl (C=O) groups is 2. The number of benzene rings is 1. The molecule has 3 rings (SSSR count). The fourth-order valence-corrected chi connectivity index (χ4v) is 4.16. The normalized spacial score (nSPS) is 10.8. The molecular weight excluding hydrogens is 447 g/mol. The fourth-order valence-electron chi connectivity index (χ4n) is 2.95. The van der Waals surface area contributed by atoms with Crippen LogP contribution in [0.25, 0.3) is 5.69 Å². The van der Waals surface area contributed by atoms with E-state index in [1.165, 1.54) is 11.3 Å². The van der Waals surface area contributed by atoms with Crippen LogP contribution in [0.3, 0.4) is 0 Å². The summed E-state index contributed by atoms with van der Waals surface area (Å²) in [5.41, 5.74) is 3.61. The number of aryl methyl sites for hydroxylation is 1. The predicted octanol–water partition coefficient (Wildman–Crippen LogP) is 4.54. The second-order valence-electron chi connectivity index (χ2n) is 6.51. The molecule has 2 aromatic heterocycles. The van der Waals surface area contributed by atoms with Crippen LogP contribution in [0.1, 0.15) is 29.6 Å². The molecule has 0 fully saturated rings. The molecule has 0 atom stereocenters. The largest absolute Gasteiger partial charge is 0.466 e. The molecule has 1 amide bonds. The number of hydrogen-bond donors (Lipinski definition) is 1. The van der Waals surface area contributed by atoms with Crippen molar-refractivity contribution in [3.8, 4) is 5.69 Å². The van der Waals surface area contributed by atoms with Crippen LogP contribution in [0.5, 0.6) is 0 Å². The number of anilines is 1. The maximum absolute atomic E-state index is 12.6. The van der Waals surface area contributed by atoms with Crippen molar-refractivity contribution in [2.45, 2.75) is 33.6 Å². The minimum atomic E-state index is -0.347. The van der Waals surface area contributed by atoms with Gasteiger partial charge in [0.05, 0.1) is 41.5 Å². The molecule has 0 saturated carbocycles. The first-order valence-electron chi connectivity index (χ1n) is 9.18. The summed E-state index contributed by atoms with van der Waals surface area (Å²) in [6.07, 6.45) is 0.211. The Hall–Kier alpha value is -2.42. The number of thiazole rings is 1. The topological polar surface area (TPSA) is 86.1 Å². The summed E-state index contributed by atoms with van der Waals surface area (Å²) >= 11 is 13.5. The first kappa shape index (κ1) is 22.3. The van der Waals surface area contributed by atoms with Gasteiger partial charge in [-0.05, 0) is 39.0 Å². The number of aromatic nitrogens is 3. The van der Waals surface area contributed by atoms with Crippen LogP contribution in [0.4, 0.5) is 5.13 Å². The third-order valence-electron chi connectivity index (χ3n) is 4.35. The van der Waals surface area contributed by atoms with Crippen molar-refractivity contribution in [1.82, 2.24) is 14.8 Å². The summed E-state index contributed by atoms with van der Waals surface area (Å²) in [5, 5.41) is 10.5. The molecule has 2 heterocycles. The Morgan fingerprint density at radius 1 is 1.23 bits per heavy atom. The highest BCUT2D eigenvalue weighted by atomic mass is 35.5. The van der Waals surface area contributed by atoms with Crippen LogP contribution in [0.2, 0.25) is 10.0 Å². The third-order valence-corrected chi connectivity index (χ3v) is 5.69. The highest BCUT2D eigenvalue weighted by molar-refractivity contribution is 7.13. The molecule has 0 spiro atoms. The molecule has 0 aliphatic carbocycles. The number of ether oxygens (including phenoxy) is 1. The number of nitrogens with zero attached hydrogens (tertiary/aromatic N) is 3. The minimum Gasteiger partial charge on any atom is -0.466 e. The zero-order chi connectivity index (χ0) is 21.8. The average molecular weight is 467 g/mol. The molecule has 10 heteroatoms. The van der Waals surface area contributed by atoms with Gasteiger partial charge in [-0.1, -0.05) is 23.2 Å². The number of halogens is 2. The van der Waals surface area contributed by atoms with Gasteiger partial charge in [-0.25, -0.2) is 9.67 Å². The van der Waals surface area contributed by atoms with Gasteiger partial charge in [-0.2, -0.15) is 5.10 Å². The van der Waals surface area contributed by atoms with Crippen LogP contribution < -0.4 is 5.32 Å². The lowest BCUT2D eigenvalue weighted by atomic mass is 10.1. The molecule has 1 aromatic carbocycles. The van der Waals surface area contributed by atoms with Gasteiger partial charge in [0.2, 0.25) is 5.91 Å². The van der Waals surface area contributed by atoms with Gasteiger partial charge < -0.3 is 10.1 Å². The van der Waals surface area contributed by atoms with Gasteiger partial charge in [-0.15, -0.1) is 11.3 Å². The molecule has 30 heavy (non-hydrogen) atoms. The van der Waals surface area contributed by atoms with Gasteiger partial charge in [-0.3, -0.25) is 9.59 Å². The van der Waals surface area contributed by atoms with Crippen molar-refractivity contribution < 1.29 is 14.3 Å². The Morgan fingerprint density at radius 3 is 2.70 bits per heavy atom. The predicted molar refractivity (Wildman–Crippen MR) is 118 cm³/mol. The van der Waals surface area contributed by atoms with E-state index in [1.54, 1.807) is 35.2 Å². The second-order valence-corrected chi connectivity index (χ2v) is 8.21. The molecule has 0 saturated heterocycles. The molecule has 0 aliphatic heterocycles. The molecule has 3 aromatic rings. The maximum Gasteiger partial charge on any atom is 0.311 e. The van der Waals surface area contributed by atoms with Gasteiger partial charge in [0.15, 0.2) is 5.13 Å². The summed E-state index contributed by atoms with van der Waals surface area (Å²) in [7, 11) is 0. The Bertz CT molecular complexity index is 1090. The Labute approximate surface area is 188 Å². The lowest BCUT2D eigenvalue weighted by Crippen LogP contribution is -2.15. The molecular formula is C20H20Cl2N4O3S. The fraction of sp³-hybridized carbons (Fsp3) is 0.300. The van der Waals surface area contributed by atoms with E-state index in [2.05, 4.69) is 15.4 Å². The van der Waals surface area contributed by atoms with Crippen molar-refractivity contribution in [2.75, 3.05) is 11.9 Å². The number of esters is 1. The number of hydrogen-bond acceptors (Lipinski definition) is 6.